The zero-order valence-electron chi connectivity index (χ0n) is 23.8. The first kappa shape index (κ1) is 28.4. The molecule has 2 atom stereocenters. The zero-order valence-corrected chi connectivity index (χ0v) is 23.8. The lowest BCUT2D eigenvalue weighted by Crippen LogP contribution is -2.48. The smallest absolute Gasteiger partial charge is 0.231 e. The molecule has 1 amide bonds. The topological polar surface area (TPSA) is 85.7 Å². The monoisotopic (exact) mass is 531 g/mol. The lowest BCUT2D eigenvalue weighted by atomic mass is 9.92. The van der Waals surface area contributed by atoms with E-state index < -0.39 is 0 Å². The van der Waals surface area contributed by atoms with E-state index in [1.807, 2.05) is 63.4 Å². The highest BCUT2D eigenvalue weighted by Gasteiger charge is 2.24. The van der Waals surface area contributed by atoms with Crippen molar-refractivity contribution in [3.8, 4) is 0 Å². The molecule has 1 saturated heterocycles. The molecule has 1 aliphatic carbocycles. The van der Waals surface area contributed by atoms with Crippen molar-refractivity contribution in [3.63, 3.8) is 0 Å². The number of piperazine rings is 1. The molecule has 1 fully saturated rings. The minimum Gasteiger partial charge on any atom is -0.325 e. The summed E-state index contributed by atoms with van der Waals surface area (Å²) < 4.78 is 0. The summed E-state index contributed by atoms with van der Waals surface area (Å²) in [4.78, 5) is 31.4. The summed E-state index contributed by atoms with van der Waals surface area (Å²) in [5, 5.41) is 6.41. The van der Waals surface area contributed by atoms with Crippen molar-refractivity contribution >= 4 is 35.0 Å². The maximum absolute atomic E-state index is 13.1. The summed E-state index contributed by atoms with van der Waals surface area (Å²) in [5.41, 5.74) is 5.65. The predicted molar refractivity (Wildman–Crippen MR) is 166 cm³/mol. The Morgan fingerprint density at radius 1 is 1.26 bits per heavy atom. The van der Waals surface area contributed by atoms with Gasteiger partial charge in [-0.3, -0.25) is 14.7 Å². The predicted octanol–water partition coefficient (Wildman–Crippen LogP) is 5.59. The number of rotatable bonds is 9. The molecule has 39 heavy (non-hydrogen) atoms. The van der Waals surface area contributed by atoms with Crippen LogP contribution >= 0.6 is 0 Å². The zero-order chi connectivity index (χ0) is 27.8. The number of allylic oxidation sites excluding steroid dienone is 3. The number of carbonyl (C=O) groups is 1. The summed E-state index contributed by atoms with van der Waals surface area (Å²) >= 11 is 0. The standard InChI is InChI=1S/C31H41N7O.2H2/c1-6-24(21-32-7-2)28-14-15-33-31(35-28)36-29-20-27(13-8-22(29)3)34-30(39)26-11-9-25(10-12-26)23(4)38-18-16-37(5)17-19-38;;/h6,8-11,13-15,20-21,23,26H,7,12,16-19H2,1-5H3,(H,34,39)(H,33,35,36);2*1H/b24-6+,32-21?;;. The first-order valence-corrected chi connectivity index (χ1v) is 13.9. The maximum atomic E-state index is 13.1. The summed E-state index contributed by atoms with van der Waals surface area (Å²) in [7, 11) is 2.17. The van der Waals surface area contributed by atoms with E-state index in [1.54, 1.807) is 6.20 Å². The van der Waals surface area contributed by atoms with Gasteiger partial charge in [-0.05, 0) is 70.5 Å². The van der Waals surface area contributed by atoms with Crippen LogP contribution in [0.15, 0.2) is 65.3 Å². The van der Waals surface area contributed by atoms with E-state index in [1.165, 1.54) is 5.57 Å². The van der Waals surface area contributed by atoms with Crippen LogP contribution in [0.1, 0.15) is 41.3 Å². The Hall–Kier alpha value is -3.62. The number of hydrogen-bond acceptors (Lipinski definition) is 7. The number of anilines is 3. The van der Waals surface area contributed by atoms with Crippen molar-refractivity contribution in [2.45, 2.75) is 40.2 Å². The molecule has 2 N–H and O–H groups in total. The number of nitrogens with zero attached hydrogens (tertiary/aromatic N) is 5. The minimum absolute atomic E-state index is 0. The van der Waals surface area contributed by atoms with E-state index in [0.717, 1.165) is 60.9 Å². The van der Waals surface area contributed by atoms with Gasteiger partial charge in [-0.25, -0.2) is 9.97 Å². The number of carbonyl (C=O) groups excluding carboxylic acids is 1. The number of aliphatic imine (C=N–C) groups is 1. The number of aryl methyl sites for hydroxylation is 1. The van der Waals surface area contributed by atoms with E-state index in [2.05, 4.69) is 61.5 Å². The molecule has 8 heteroatoms. The molecule has 0 saturated carbocycles. The Kier molecular flexibility index (Phi) is 9.79. The van der Waals surface area contributed by atoms with Gasteiger partial charge >= 0.3 is 0 Å². The fourth-order valence-electron chi connectivity index (χ4n) is 4.81. The van der Waals surface area contributed by atoms with Crippen molar-refractivity contribution in [3.05, 3.63) is 71.6 Å². The Balaban J connectivity index is 0.00000294. The van der Waals surface area contributed by atoms with E-state index in [-0.39, 0.29) is 14.7 Å². The summed E-state index contributed by atoms with van der Waals surface area (Å²) in [6, 6.07) is 8.09. The highest BCUT2D eigenvalue weighted by molar-refractivity contribution is 6.08. The van der Waals surface area contributed by atoms with Gasteiger partial charge in [-0.15, -0.1) is 0 Å². The van der Waals surface area contributed by atoms with E-state index >= 15 is 0 Å². The summed E-state index contributed by atoms with van der Waals surface area (Å²) in [6.45, 7) is 13.3. The van der Waals surface area contributed by atoms with Gasteiger partial charge in [0.2, 0.25) is 11.9 Å². The third-order valence-electron chi connectivity index (χ3n) is 7.46. The third kappa shape index (κ3) is 7.49. The van der Waals surface area contributed by atoms with Gasteiger partial charge in [-0.2, -0.15) is 0 Å². The first-order chi connectivity index (χ1) is 18.9. The second-order valence-electron chi connectivity index (χ2n) is 10.2. The molecule has 0 radical (unpaired) electrons. The molecule has 4 rings (SSSR count). The molecular weight excluding hydrogens is 486 g/mol. The highest BCUT2D eigenvalue weighted by atomic mass is 16.1. The van der Waals surface area contributed by atoms with Crippen molar-refractivity contribution in [1.82, 2.24) is 19.8 Å². The largest absolute Gasteiger partial charge is 0.325 e. The first-order valence-electron chi connectivity index (χ1n) is 13.9. The Bertz CT molecular complexity index is 1280. The van der Waals surface area contributed by atoms with Gasteiger partial charge in [0.05, 0.1) is 11.6 Å². The molecule has 2 aromatic rings. The average molecular weight is 532 g/mol. The molecule has 2 unspecified atom stereocenters. The van der Waals surface area contributed by atoms with Crippen molar-refractivity contribution in [2.24, 2.45) is 10.9 Å². The van der Waals surface area contributed by atoms with Gasteiger partial charge in [0, 0.05) is 71.0 Å². The molecule has 1 aromatic carbocycles. The minimum atomic E-state index is -0.185. The molecule has 0 bridgehead atoms. The van der Waals surface area contributed by atoms with Gasteiger partial charge in [0.25, 0.3) is 0 Å². The second-order valence-corrected chi connectivity index (χ2v) is 10.2. The number of likely N-dealkylation sites (N-methyl/N-ethyl adjacent to an activating group) is 1. The number of amides is 1. The normalized spacial score (nSPS) is 19.7. The number of aromatic nitrogens is 2. The number of hydrogen-bond donors (Lipinski definition) is 2. The number of nitrogens with one attached hydrogen (secondary N) is 2. The molecule has 1 aliphatic heterocycles. The molecule has 210 valence electrons. The van der Waals surface area contributed by atoms with Gasteiger partial charge in [-0.1, -0.05) is 30.4 Å². The lowest BCUT2D eigenvalue weighted by Gasteiger charge is -2.37. The molecular formula is C31H45N7O. The molecule has 8 nitrogen and oxygen atoms in total. The fraction of sp³-hybridized carbons (Fsp3) is 0.419. The van der Waals surface area contributed by atoms with Crippen LogP contribution in [-0.4, -0.2) is 77.7 Å². The third-order valence-corrected chi connectivity index (χ3v) is 7.46. The number of benzene rings is 1. The van der Waals surface area contributed by atoms with Crippen molar-refractivity contribution in [1.29, 1.82) is 0 Å². The van der Waals surface area contributed by atoms with Gasteiger partial charge in [0.1, 0.15) is 0 Å². The maximum Gasteiger partial charge on any atom is 0.231 e. The second kappa shape index (κ2) is 13.4. The van der Waals surface area contributed by atoms with Crippen molar-refractivity contribution < 1.29 is 7.65 Å². The van der Waals surface area contributed by atoms with Gasteiger partial charge < -0.3 is 15.5 Å². The van der Waals surface area contributed by atoms with Crippen molar-refractivity contribution in [2.75, 3.05) is 50.4 Å². The van der Waals surface area contributed by atoms with Crippen LogP contribution < -0.4 is 10.6 Å². The Morgan fingerprint density at radius 2 is 2.05 bits per heavy atom. The molecule has 0 spiro atoms. The van der Waals surface area contributed by atoms with E-state index in [9.17, 15) is 4.79 Å². The fourth-order valence-corrected chi connectivity index (χ4v) is 4.81. The quantitative estimate of drug-likeness (QED) is 0.410. The van der Waals surface area contributed by atoms with E-state index in [4.69, 9.17) is 0 Å². The van der Waals surface area contributed by atoms with Crippen LogP contribution in [0, 0.1) is 12.8 Å². The lowest BCUT2D eigenvalue weighted by molar-refractivity contribution is -0.118. The molecule has 2 heterocycles. The summed E-state index contributed by atoms with van der Waals surface area (Å²) in [5.74, 6) is 0.302. The van der Waals surface area contributed by atoms with Crippen LogP contribution in [0.3, 0.4) is 0 Å². The van der Waals surface area contributed by atoms with Crippen LogP contribution in [0.25, 0.3) is 5.57 Å². The van der Waals surface area contributed by atoms with Crippen LogP contribution in [0.5, 0.6) is 0 Å². The molecule has 2 aliphatic rings. The summed E-state index contributed by atoms with van der Waals surface area (Å²) in [6.07, 6.45) is 12.7. The highest BCUT2D eigenvalue weighted by Crippen LogP contribution is 2.26. The van der Waals surface area contributed by atoms with Crippen LogP contribution in [-0.2, 0) is 4.79 Å². The molecule has 1 aromatic heterocycles. The Morgan fingerprint density at radius 3 is 2.74 bits per heavy atom. The average Bonchev–Trinajstić information content (AvgIpc) is 2.95. The van der Waals surface area contributed by atoms with E-state index in [0.29, 0.717) is 18.4 Å². The SMILES string of the molecule is C/C=C(\C=NCC)c1ccnc(Nc2cc(NC(=O)C3C=CC(C(C)N4CCN(C)CC4)=CC3)ccc2C)n1.[HH].[HH]. The van der Waals surface area contributed by atoms with Crippen LogP contribution in [0.2, 0.25) is 0 Å². The van der Waals surface area contributed by atoms with Gasteiger partial charge in [0.15, 0.2) is 0 Å². The Labute approximate surface area is 235 Å². The van der Waals surface area contributed by atoms with Crippen LogP contribution in [0.4, 0.5) is 17.3 Å².